The van der Waals surface area contributed by atoms with Gasteiger partial charge < -0.3 is 15.0 Å². The predicted molar refractivity (Wildman–Crippen MR) is 140 cm³/mol. The zero-order valence-corrected chi connectivity index (χ0v) is 21.5. The zero-order chi connectivity index (χ0) is 26.1. The SMILES string of the molecule is Cc1ccc(OCC(=O)N(Cc2ccccc2F)[C@H](Cc2ccccc2)C(=O)NCC(C)C)cc1C. The minimum Gasteiger partial charge on any atom is -0.484 e. The third kappa shape index (κ3) is 7.67. The number of benzene rings is 3. The summed E-state index contributed by atoms with van der Waals surface area (Å²) in [5.41, 5.74) is 3.42. The highest BCUT2D eigenvalue weighted by Gasteiger charge is 2.31. The Bertz CT molecular complexity index is 1160. The molecule has 0 unspecified atom stereocenters. The van der Waals surface area contributed by atoms with Crippen LogP contribution in [0.1, 0.15) is 36.1 Å². The molecule has 3 aromatic rings. The van der Waals surface area contributed by atoms with Crippen LogP contribution < -0.4 is 10.1 Å². The van der Waals surface area contributed by atoms with Crippen molar-refractivity contribution in [3.05, 3.63) is 101 Å². The number of hydrogen-bond acceptors (Lipinski definition) is 3. The molecule has 0 heterocycles. The Labute approximate surface area is 213 Å². The molecule has 0 aliphatic heterocycles. The van der Waals surface area contributed by atoms with Crippen LogP contribution >= 0.6 is 0 Å². The fourth-order valence-electron chi connectivity index (χ4n) is 3.82. The van der Waals surface area contributed by atoms with Crippen molar-refractivity contribution in [1.29, 1.82) is 0 Å². The van der Waals surface area contributed by atoms with Crippen molar-refractivity contribution in [2.75, 3.05) is 13.2 Å². The number of rotatable bonds is 11. The van der Waals surface area contributed by atoms with Gasteiger partial charge in [-0.15, -0.1) is 0 Å². The molecule has 5 nitrogen and oxygen atoms in total. The minimum absolute atomic E-state index is 0.0472. The van der Waals surface area contributed by atoms with Crippen molar-refractivity contribution in [1.82, 2.24) is 10.2 Å². The quantitative estimate of drug-likeness (QED) is 0.400. The van der Waals surface area contributed by atoms with Crippen LogP contribution in [0, 0.1) is 25.6 Å². The Kier molecular flexibility index (Phi) is 9.62. The standard InChI is InChI=1S/C30H35FN2O3/c1-21(2)18-32-30(35)28(17-24-10-6-5-7-11-24)33(19-25-12-8-9-13-27(25)31)29(34)20-36-26-15-14-22(3)23(4)16-26/h5-16,21,28H,17-20H2,1-4H3,(H,32,35)/t28-/m1/s1. The van der Waals surface area contributed by atoms with Gasteiger partial charge in [0.2, 0.25) is 5.91 Å². The van der Waals surface area contributed by atoms with Crippen molar-refractivity contribution in [3.63, 3.8) is 0 Å². The number of amides is 2. The summed E-state index contributed by atoms with van der Waals surface area (Å²) in [5, 5.41) is 2.96. The number of carbonyl (C=O) groups is 2. The molecule has 6 heteroatoms. The maximum atomic E-state index is 14.6. The predicted octanol–water partition coefficient (Wildman–Crippen LogP) is 5.23. The van der Waals surface area contributed by atoms with Crippen molar-refractivity contribution in [2.24, 2.45) is 5.92 Å². The summed E-state index contributed by atoms with van der Waals surface area (Å²) in [7, 11) is 0. The molecule has 1 atom stereocenters. The van der Waals surface area contributed by atoms with Crippen LogP contribution in [0.25, 0.3) is 0 Å². The molecule has 1 N–H and O–H groups in total. The highest BCUT2D eigenvalue weighted by atomic mass is 19.1. The summed E-state index contributed by atoms with van der Waals surface area (Å²) in [6.07, 6.45) is 0.300. The summed E-state index contributed by atoms with van der Waals surface area (Å²) in [5.74, 6) is -0.275. The van der Waals surface area contributed by atoms with Crippen LogP contribution in [-0.4, -0.2) is 35.9 Å². The van der Waals surface area contributed by atoms with E-state index in [-0.39, 0.29) is 25.0 Å². The number of nitrogens with one attached hydrogen (secondary N) is 1. The van der Waals surface area contributed by atoms with Gasteiger partial charge in [-0.2, -0.15) is 0 Å². The first-order valence-electron chi connectivity index (χ1n) is 12.3. The maximum absolute atomic E-state index is 14.6. The van der Waals surface area contributed by atoms with E-state index in [9.17, 15) is 14.0 Å². The van der Waals surface area contributed by atoms with Gasteiger partial charge in [-0.1, -0.05) is 68.4 Å². The van der Waals surface area contributed by atoms with Crippen LogP contribution in [0.4, 0.5) is 4.39 Å². The van der Waals surface area contributed by atoms with E-state index in [1.807, 2.05) is 76.2 Å². The first-order chi connectivity index (χ1) is 17.2. The van der Waals surface area contributed by atoms with Crippen LogP contribution in [0.3, 0.4) is 0 Å². The maximum Gasteiger partial charge on any atom is 0.261 e. The molecule has 2 amide bonds. The van der Waals surface area contributed by atoms with Gasteiger partial charge in [0, 0.05) is 25.1 Å². The van der Waals surface area contributed by atoms with Crippen LogP contribution in [0.15, 0.2) is 72.8 Å². The number of ether oxygens (including phenoxy) is 1. The van der Waals surface area contributed by atoms with Crippen molar-refractivity contribution in [2.45, 2.75) is 46.7 Å². The van der Waals surface area contributed by atoms with Crippen molar-refractivity contribution >= 4 is 11.8 Å². The average Bonchev–Trinajstić information content (AvgIpc) is 2.86. The van der Waals surface area contributed by atoms with E-state index in [0.29, 0.717) is 24.3 Å². The molecule has 0 spiro atoms. The molecule has 0 aliphatic rings. The van der Waals surface area contributed by atoms with Gasteiger partial charge in [0.1, 0.15) is 17.6 Å². The molecule has 0 saturated carbocycles. The first kappa shape index (κ1) is 26.9. The average molecular weight is 491 g/mol. The Morgan fingerprint density at radius 3 is 2.31 bits per heavy atom. The largest absolute Gasteiger partial charge is 0.484 e. The minimum atomic E-state index is -0.832. The Balaban J connectivity index is 1.91. The van der Waals surface area contributed by atoms with Gasteiger partial charge in [0.15, 0.2) is 6.61 Å². The topological polar surface area (TPSA) is 58.6 Å². The fourth-order valence-corrected chi connectivity index (χ4v) is 3.82. The number of carbonyl (C=O) groups excluding carboxylic acids is 2. The lowest BCUT2D eigenvalue weighted by atomic mass is 10.0. The highest BCUT2D eigenvalue weighted by molar-refractivity contribution is 5.88. The molecule has 3 rings (SSSR count). The molecule has 0 radical (unpaired) electrons. The van der Waals surface area contributed by atoms with Crippen LogP contribution in [0.2, 0.25) is 0 Å². The molecule has 3 aromatic carbocycles. The number of nitrogens with zero attached hydrogens (tertiary/aromatic N) is 1. The van der Waals surface area contributed by atoms with Crippen LogP contribution in [-0.2, 0) is 22.6 Å². The highest BCUT2D eigenvalue weighted by Crippen LogP contribution is 2.19. The van der Waals surface area contributed by atoms with E-state index in [0.717, 1.165) is 16.7 Å². The van der Waals surface area contributed by atoms with E-state index in [2.05, 4.69) is 5.32 Å². The second kappa shape index (κ2) is 12.9. The molecule has 190 valence electrons. The molecule has 0 bridgehead atoms. The number of halogens is 1. The molecule has 0 fully saturated rings. The summed E-state index contributed by atoms with van der Waals surface area (Å²) < 4.78 is 20.4. The van der Waals surface area contributed by atoms with E-state index in [1.54, 1.807) is 18.2 Å². The molecular weight excluding hydrogens is 455 g/mol. The Hall–Kier alpha value is -3.67. The van der Waals surface area contributed by atoms with E-state index < -0.39 is 17.8 Å². The fraction of sp³-hybridized carbons (Fsp3) is 0.333. The van der Waals surface area contributed by atoms with Crippen molar-refractivity contribution in [3.8, 4) is 5.75 Å². The van der Waals surface area contributed by atoms with E-state index in [4.69, 9.17) is 4.74 Å². The van der Waals surface area contributed by atoms with Gasteiger partial charge in [-0.05, 0) is 54.7 Å². The summed E-state index contributed by atoms with van der Waals surface area (Å²) in [4.78, 5) is 28.4. The Morgan fingerprint density at radius 1 is 0.944 bits per heavy atom. The summed E-state index contributed by atoms with van der Waals surface area (Å²) in [6, 6.07) is 20.6. The summed E-state index contributed by atoms with van der Waals surface area (Å²) >= 11 is 0. The molecule has 0 aliphatic carbocycles. The lowest BCUT2D eigenvalue weighted by Crippen LogP contribution is -2.52. The van der Waals surface area contributed by atoms with Gasteiger partial charge in [-0.3, -0.25) is 9.59 Å². The molecule has 36 heavy (non-hydrogen) atoms. The van der Waals surface area contributed by atoms with Gasteiger partial charge in [0.05, 0.1) is 0 Å². The lowest BCUT2D eigenvalue weighted by Gasteiger charge is -2.31. The number of aryl methyl sites for hydroxylation is 2. The van der Waals surface area contributed by atoms with E-state index >= 15 is 0 Å². The second-order valence-electron chi connectivity index (χ2n) is 9.49. The zero-order valence-electron chi connectivity index (χ0n) is 21.5. The third-order valence-electron chi connectivity index (χ3n) is 6.09. The molecule has 0 saturated heterocycles. The van der Waals surface area contributed by atoms with E-state index in [1.165, 1.54) is 11.0 Å². The Morgan fingerprint density at radius 2 is 1.64 bits per heavy atom. The summed E-state index contributed by atoms with van der Waals surface area (Å²) in [6.45, 7) is 8.16. The number of hydrogen-bond donors (Lipinski definition) is 1. The third-order valence-corrected chi connectivity index (χ3v) is 6.09. The second-order valence-corrected chi connectivity index (χ2v) is 9.49. The smallest absolute Gasteiger partial charge is 0.261 e. The normalized spacial score (nSPS) is 11.7. The molecule has 0 aromatic heterocycles. The van der Waals surface area contributed by atoms with Gasteiger partial charge >= 0.3 is 0 Å². The van der Waals surface area contributed by atoms with Gasteiger partial charge in [0.25, 0.3) is 5.91 Å². The molecular formula is C30H35FN2O3. The van der Waals surface area contributed by atoms with Crippen molar-refractivity contribution < 1.29 is 18.7 Å². The monoisotopic (exact) mass is 490 g/mol. The first-order valence-corrected chi connectivity index (χ1v) is 12.3. The van der Waals surface area contributed by atoms with Gasteiger partial charge in [-0.25, -0.2) is 4.39 Å². The van der Waals surface area contributed by atoms with Crippen LogP contribution in [0.5, 0.6) is 5.75 Å². The lowest BCUT2D eigenvalue weighted by molar-refractivity contribution is -0.142.